The third-order valence-electron chi connectivity index (χ3n) is 3.86. The van der Waals surface area contributed by atoms with Gasteiger partial charge in [0.25, 0.3) is 0 Å². The highest BCUT2D eigenvalue weighted by atomic mass is 16.7. The number of nitrogens with zero attached hydrogens (tertiary/aromatic N) is 1. The normalized spacial score (nSPS) is 21.2. The minimum absolute atomic E-state index is 0.251. The summed E-state index contributed by atoms with van der Waals surface area (Å²) >= 11 is 0. The minimum Gasteiger partial charge on any atom is -0.396 e. The summed E-state index contributed by atoms with van der Waals surface area (Å²) in [7, 11) is 1.65. The Labute approximate surface area is 121 Å². The summed E-state index contributed by atoms with van der Waals surface area (Å²) in [6.45, 7) is 2.60. The predicted octanol–water partition coefficient (Wildman–Crippen LogP) is 2.20. The molecule has 0 aromatic heterocycles. The second-order valence-electron chi connectivity index (χ2n) is 5.27. The maximum absolute atomic E-state index is 9.11. The lowest BCUT2D eigenvalue weighted by atomic mass is 10.0. The van der Waals surface area contributed by atoms with Crippen LogP contribution in [0.4, 0.5) is 0 Å². The van der Waals surface area contributed by atoms with E-state index in [9.17, 15) is 0 Å². The molecule has 112 valence electrons. The van der Waals surface area contributed by atoms with Crippen molar-refractivity contribution in [3.05, 3.63) is 35.9 Å². The fourth-order valence-electron chi connectivity index (χ4n) is 2.86. The van der Waals surface area contributed by atoms with Gasteiger partial charge in [0, 0.05) is 32.8 Å². The highest BCUT2D eigenvalue weighted by Crippen LogP contribution is 2.29. The van der Waals surface area contributed by atoms with Crippen molar-refractivity contribution in [3.63, 3.8) is 0 Å². The zero-order valence-electron chi connectivity index (χ0n) is 12.2. The molecular weight excluding hydrogens is 254 g/mol. The van der Waals surface area contributed by atoms with Gasteiger partial charge < -0.3 is 14.6 Å². The highest BCUT2D eigenvalue weighted by molar-refractivity contribution is 5.19. The quantitative estimate of drug-likeness (QED) is 0.741. The van der Waals surface area contributed by atoms with Crippen LogP contribution in [0.5, 0.6) is 0 Å². The van der Waals surface area contributed by atoms with Crippen molar-refractivity contribution < 1.29 is 14.6 Å². The first kappa shape index (κ1) is 15.4. The van der Waals surface area contributed by atoms with Crippen molar-refractivity contribution >= 4 is 0 Å². The molecule has 2 atom stereocenters. The molecule has 1 aliphatic heterocycles. The zero-order chi connectivity index (χ0) is 14.2. The first-order valence-electron chi connectivity index (χ1n) is 7.35. The fourth-order valence-corrected chi connectivity index (χ4v) is 2.86. The summed E-state index contributed by atoms with van der Waals surface area (Å²) in [5.41, 5.74) is 1.33. The summed E-state index contributed by atoms with van der Waals surface area (Å²) in [4.78, 5) is 2.46. The second-order valence-corrected chi connectivity index (χ2v) is 5.27. The third kappa shape index (κ3) is 4.28. The first-order valence-corrected chi connectivity index (χ1v) is 7.35. The summed E-state index contributed by atoms with van der Waals surface area (Å²) in [5.74, 6) is 0. The molecule has 1 aromatic carbocycles. The number of rotatable bonds is 8. The Morgan fingerprint density at radius 3 is 2.85 bits per heavy atom. The predicted molar refractivity (Wildman–Crippen MR) is 78.4 cm³/mol. The molecule has 0 saturated carbocycles. The van der Waals surface area contributed by atoms with E-state index in [2.05, 4.69) is 29.2 Å². The number of methoxy groups -OCH3 is 1. The van der Waals surface area contributed by atoms with E-state index in [1.807, 2.05) is 6.07 Å². The van der Waals surface area contributed by atoms with Crippen molar-refractivity contribution in [2.45, 2.75) is 31.4 Å². The molecule has 1 aliphatic rings. The Bertz CT molecular complexity index is 371. The Hall–Kier alpha value is -0.940. The molecule has 4 heteroatoms. The van der Waals surface area contributed by atoms with Crippen molar-refractivity contribution in [1.82, 2.24) is 4.90 Å². The lowest BCUT2D eigenvalue weighted by molar-refractivity contribution is -0.0681. The van der Waals surface area contributed by atoms with Crippen molar-refractivity contribution in [2.75, 3.05) is 33.6 Å². The number of hydrogen-bond acceptors (Lipinski definition) is 4. The van der Waals surface area contributed by atoms with Gasteiger partial charge in [0.1, 0.15) is 6.79 Å². The molecule has 20 heavy (non-hydrogen) atoms. The molecule has 0 unspecified atom stereocenters. The number of aliphatic hydroxyl groups excluding tert-OH is 1. The molecule has 4 nitrogen and oxygen atoms in total. The van der Waals surface area contributed by atoms with Crippen LogP contribution >= 0.6 is 0 Å². The van der Waals surface area contributed by atoms with E-state index in [0.29, 0.717) is 12.8 Å². The maximum atomic E-state index is 9.11. The molecule has 2 rings (SSSR count). The van der Waals surface area contributed by atoms with E-state index in [0.717, 1.165) is 32.4 Å². The summed E-state index contributed by atoms with van der Waals surface area (Å²) < 4.78 is 10.6. The van der Waals surface area contributed by atoms with Crippen LogP contribution in [0.1, 0.15) is 30.9 Å². The summed E-state index contributed by atoms with van der Waals surface area (Å²) in [6.07, 6.45) is 3.12. The molecule has 1 aromatic rings. The van der Waals surface area contributed by atoms with Gasteiger partial charge in [0.15, 0.2) is 0 Å². The molecule has 0 bridgehead atoms. The van der Waals surface area contributed by atoms with Crippen LogP contribution in [0.2, 0.25) is 0 Å². The Morgan fingerprint density at radius 2 is 2.15 bits per heavy atom. The van der Waals surface area contributed by atoms with Gasteiger partial charge in [-0.25, -0.2) is 0 Å². The number of benzene rings is 1. The van der Waals surface area contributed by atoms with Crippen molar-refractivity contribution in [1.29, 1.82) is 0 Å². The monoisotopic (exact) mass is 279 g/mol. The number of ether oxygens (including phenoxy) is 2. The Kier molecular flexibility index (Phi) is 6.47. The molecule has 0 radical (unpaired) electrons. The van der Waals surface area contributed by atoms with Gasteiger partial charge in [-0.2, -0.15) is 0 Å². The number of aliphatic hydroxyl groups is 1. The zero-order valence-corrected chi connectivity index (χ0v) is 12.2. The van der Waals surface area contributed by atoms with Gasteiger partial charge in [-0.1, -0.05) is 30.3 Å². The van der Waals surface area contributed by atoms with Crippen LogP contribution in [-0.4, -0.2) is 49.7 Å². The van der Waals surface area contributed by atoms with E-state index in [1.54, 1.807) is 7.11 Å². The summed E-state index contributed by atoms with van der Waals surface area (Å²) in [6, 6.07) is 10.9. The molecule has 0 aliphatic carbocycles. The van der Waals surface area contributed by atoms with E-state index in [-0.39, 0.29) is 12.7 Å². The highest BCUT2D eigenvalue weighted by Gasteiger charge is 2.29. The van der Waals surface area contributed by atoms with Gasteiger partial charge in [0.05, 0.1) is 6.10 Å². The Balaban J connectivity index is 1.97. The van der Waals surface area contributed by atoms with Gasteiger partial charge in [-0.3, -0.25) is 4.90 Å². The average molecular weight is 279 g/mol. The smallest absolute Gasteiger partial charge is 0.146 e. The molecule has 1 fully saturated rings. The Morgan fingerprint density at radius 1 is 1.35 bits per heavy atom. The molecule has 1 heterocycles. The molecule has 1 saturated heterocycles. The molecule has 0 amide bonds. The van der Waals surface area contributed by atoms with E-state index in [4.69, 9.17) is 14.6 Å². The lowest BCUT2D eigenvalue weighted by Gasteiger charge is -2.28. The van der Waals surface area contributed by atoms with Crippen LogP contribution in [0.3, 0.4) is 0 Å². The maximum Gasteiger partial charge on any atom is 0.146 e. The van der Waals surface area contributed by atoms with Crippen LogP contribution in [0, 0.1) is 0 Å². The van der Waals surface area contributed by atoms with Gasteiger partial charge in [0.2, 0.25) is 0 Å². The average Bonchev–Trinajstić information content (AvgIpc) is 2.95. The topological polar surface area (TPSA) is 41.9 Å². The third-order valence-corrected chi connectivity index (χ3v) is 3.86. The van der Waals surface area contributed by atoms with Gasteiger partial charge in [-0.05, 0) is 24.8 Å². The SMILES string of the molecule is COCO[C@H]1CCN([C@H](CCCO)c2ccccc2)C1. The van der Waals surface area contributed by atoms with E-state index >= 15 is 0 Å². The lowest BCUT2D eigenvalue weighted by Crippen LogP contribution is -2.28. The van der Waals surface area contributed by atoms with Crippen LogP contribution in [0.15, 0.2) is 30.3 Å². The van der Waals surface area contributed by atoms with Crippen LogP contribution < -0.4 is 0 Å². The van der Waals surface area contributed by atoms with Gasteiger partial charge >= 0.3 is 0 Å². The molecular formula is C16H25NO3. The van der Waals surface area contributed by atoms with Crippen LogP contribution in [0.25, 0.3) is 0 Å². The fraction of sp³-hybridized carbons (Fsp3) is 0.625. The summed E-state index contributed by atoms with van der Waals surface area (Å²) in [5, 5.41) is 9.11. The molecule has 1 N–H and O–H groups in total. The van der Waals surface area contributed by atoms with Crippen molar-refractivity contribution in [3.8, 4) is 0 Å². The number of likely N-dealkylation sites (tertiary alicyclic amines) is 1. The van der Waals surface area contributed by atoms with E-state index < -0.39 is 0 Å². The standard InChI is InChI=1S/C16H25NO3/c1-19-13-20-15-9-10-17(12-15)16(8-5-11-18)14-6-3-2-4-7-14/h2-4,6-7,15-16,18H,5,8-13H2,1H3/t15-,16+/m0/s1. The second kappa shape index (κ2) is 8.37. The van der Waals surface area contributed by atoms with Gasteiger partial charge in [-0.15, -0.1) is 0 Å². The van der Waals surface area contributed by atoms with Crippen molar-refractivity contribution in [2.24, 2.45) is 0 Å². The van der Waals surface area contributed by atoms with Crippen LogP contribution in [-0.2, 0) is 9.47 Å². The van der Waals surface area contributed by atoms with E-state index in [1.165, 1.54) is 5.56 Å². The largest absolute Gasteiger partial charge is 0.396 e. The number of hydrogen-bond donors (Lipinski definition) is 1. The molecule has 0 spiro atoms. The minimum atomic E-state index is 0.251. The first-order chi connectivity index (χ1) is 9.85.